The molecule has 8 heteroatoms. The van der Waals surface area contributed by atoms with E-state index in [1.165, 1.54) is 13.3 Å². The molecule has 3 aliphatic heterocycles. The standard InChI is InChI=1S/C31H33FN2O5/c1-18(31(35)36)9-19-3-4-20-6-8-28(39-29(20)10-19)21-5-7-25(26-13-30(37-2)33-14-27(26)32)22(11-21)15-34-16-24-12-23(34)17-38-24/h3-5,7,10-11,13-14,18,23-24,28H,6,8-9,12,15-17H2,1-2H3,(H,35,36). The van der Waals surface area contributed by atoms with E-state index in [4.69, 9.17) is 14.2 Å². The third-order valence-electron chi connectivity index (χ3n) is 8.26. The second-order valence-corrected chi connectivity index (χ2v) is 10.9. The van der Waals surface area contributed by atoms with Crippen molar-refractivity contribution < 1.29 is 28.5 Å². The normalized spacial score (nSPS) is 22.8. The highest BCUT2D eigenvalue weighted by atomic mass is 19.1. The molecule has 4 unspecified atom stereocenters. The fraction of sp³-hybridized carbons (Fsp3) is 0.419. The Labute approximate surface area is 227 Å². The van der Waals surface area contributed by atoms with Gasteiger partial charge in [0.1, 0.15) is 17.7 Å². The number of ether oxygens (including phenoxy) is 3. The number of morpholine rings is 1. The largest absolute Gasteiger partial charge is 0.485 e. The van der Waals surface area contributed by atoms with Crippen LogP contribution in [0, 0.1) is 11.7 Å². The molecule has 7 nitrogen and oxygen atoms in total. The minimum atomic E-state index is -0.805. The molecule has 2 bridgehead atoms. The lowest BCUT2D eigenvalue weighted by Gasteiger charge is -2.30. The van der Waals surface area contributed by atoms with Gasteiger partial charge < -0.3 is 19.3 Å². The number of likely N-dealkylation sites (tertiary alicyclic amines) is 1. The number of hydrogen-bond donors (Lipinski definition) is 1. The van der Waals surface area contributed by atoms with Gasteiger partial charge in [0.05, 0.1) is 31.9 Å². The number of pyridine rings is 1. The quantitative estimate of drug-likeness (QED) is 0.427. The second kappa shape index (κ2) is 10.6. The summed E-state index contributed by atoms with van der Waals surface area (Å²) < 4.78 is 32.6. The number of carboxylic acid groups (broad SMARTS) is 1. The Morgan fingerprint density at radius 2 is 2.10 bits per heavy atom. The first-order valence-corrected chi connectivity index (χ1v) is 13.6. The molecule has 6 rings (SSSR count). The number of aliphatic carboxylic acids is 1. The summed E-state index contributed by atoms with van der Waals surface area (Å²) >= 11 is 0. The molecule has 1 N–H and O–H groups in total. The fourth-order valence-electron chi connectivity index (χ4n) is 6.05. The molecule has 4 atom stereocenters. The van der Waals surface area contributed by atoms with Crippen molar-refractivity contribution in [1.82, 2.24) is 9.88 Å². The van der Waals surface area contributed by atoms with Crippen LogP contribution in [0.3, 0.4) is 0 Å². The molecule has 0 amide bonds. The molecular weight excluding hydrogens is 499 g/mol. The zero-order valence-electron chi connectivity index (χ0n) is 22.2. The van der Waals surface area contributed by atoms with Gasteiger partial charge in [-0.3, -0.25) is 9.69 Å². The van der Waals surface area contributed by atoms with Gasteiger partial charge in [-0.1, -0.05) is 37.3 Å². The van der Waals surface area contributed by atoms with Crippen LogP contribution in [0.25, 0.3) is 11.1 Å². The average Bonchev–Trinajstić information content (AvgIpc) is 3.56. The summed E-state index contributed by atoms with van der Waals surface area (Å²) in [5.74, 6) is -0.473. The highest BCUT2D eigenvalue weighted by Gasteiger charge is 2.39. The predicted molar refractivity (Wildman–Crippen MR) is 143 cm³/mol. The minimum absolute atomic E-state index is 0.146. The first-order chi connectivity index (χ1) is 18.9. The number of carboxylic acids is 1. The van der Waals surface area contributed by atoms with Gasteiger partial charge in [0.2, 0.25) is 5.88 Å². The van der Waals surface area contributed by atoms with Crippen LogP contribution < -0.4 is 9.47 Å². The van der Waals surface area contributed by atoms with Gasteiger partial charge in [-0.15, -0.1) is 0 Å². The van der Waals surface area contributed by atoms with E-state index in [1.807, 2.05) is 30.3 Å². The summed E-state index contributed by atoms with van der Waals surface area (Å²) in [6.07, 6.45) is 4.53. The smallest absolute Gasteiger partial charge is 0.306 e. The van der Waals surface area contributed by atoms with Gasteiger partial charge in [-0.2, -0.15) is 0 Å². The topological polar surface area (TPSA) is 81.1 Å². The number of carbonyl (C=O) groups is 1. The monoisotopic (exact) mass is 532 g/mol. The highest BCUT2D eigenvalue weighted by molar-refractivity contribution is 5.70. The van der Waals surface area contributed by atoms with E-state index < -0.39 is 11.9 Å². The maximum Gasteiger partial charge on any atom is 0.306 e. The van der Waals surface area contributed by atoms with Crippen molar-refractivity contribution in [2.45, 2.75) is 57.4 Å². The van der Waals surface area contributed by atoms with Crippen molar-refractivity contribution in [3.05, 3.63) is 76.7 Å². The average molecular weight is 533 g/mol. The number of nitrogens with zero attached hydrogens (tertiary/aromatic N) is 2. The van der Waals surface area contributed by atoms with Crippen molar-refractivity contribution in [1.29, 1.82) is 0 Å². The fourth-order valence-corrected chi connectivity index (χ4v) is 6.05. The molecule has 0 radical (unpaired) electrons. The molecule has 2 saturated heterocycles. The predicted octanol–water partition coefficient (Wildman–Crippen LogP) is 5.20. The van der Waals surface area contributed by atoms with Crippen molar-refractivity contribution in [3.8, 4) is 22.8 Å². The van der Waals surface area contributed by atoms with Gasteiger partial charge in [0, 0.05) is 30.8 Å². The molecule has 204 valence electrons. The van der Waals surface area contributed by atoms with Crippen molar-refractivity contribution in [3.63, 3.8) is 0 Å². The maximum atomic E-state index is 15.0. The highest BCUT2D eigenvalue weighted by Crippen LogP contribution is 2.39. The van der Waals surface area contributed by atoms with Crippen molar-refractivity contribution >= 4 is 5.97 Å². The van der Waals surface area contributed by atoms with Crippen molar-refractivity contribution in [2.24, 2.45) is 5.92 Å². The van der Waals surface area contributed by atoms with E-state index in [9.17, 15) is 9.90 Å². The number of aromatic nitrogens is 1. The molecule has 2 fully saturated rings. The molecule has 3 aromatic rings. The van der Waals surface area contributed by atoms with Gasteiger partial charge in [-0.05, 0) is 59.6 Å². The van der Waals surface area contributed by atoms with E-state index in [2.05, 4.69) is 16.0 Å². The summed E-state index contributed by atoms with van der Waals surface area (Å²) in [5.41, 5.74) is 5.46. The van der Waals surface area contributed by atoms with Crippen LogP contribution in [-0.2, 0) is 28.9 Å². The number of aryl methyl sites for hydroxylation is 1. The summed E-state index contributed by atoms with van der Waals surface area (Å²) in [6.45, 7) is 4.02. The Morgan fingerprint density at radius 3 is 2.85 bits per heavy atom. The molecular formula is C31H33FN2O5. The Hall–Kier alpha value is -3.49. The Kier molecular flexibility index (Phi) is 6.99. The van der Waals surface area contributed by atoms with Gasteiger partial charge >= 0.3 is 5.97 Å². The second-order valence-electron chi connectivity index (χ2n) is 10.9. The summed E-state index contributed by atoms with van der Waals surface area (Å²) in [7, 11) is 1.53. The SMILES string of the molecule is COc1cc(-c2ccc(C3CCc4ccc(CC(C)C(=O)O)cc4O3)cc2CN2CC3CC2CO3)c(F)cn1. The number of fused-ring (bicyclic) bond motifs is 3. The van der Waals surface area contributed by atoms with Crippen LogP contribution in [0.15, 0.2) is 48.7 Å². The Morgan fingerprint density at radius 1 is 1.23 bits per heavy atom. The van der Waals surface area contributed by atoms with Crippen molar-refractivity contribution in [2.75, 3.05) is 20.3 Å². The molecule has 39 heavy (non-hydrogen) atoms. The third kappa shape index (κ3) is 5.23. The number of methoxy groups -OCH3 is 1. The van der Waals surface area contributed by atoms with Crippen LogP contribution in [0.2, 0.25) is 0 Å². The summed E-state index contributed by atoms with van der Waals surface area (Å²) in [4.78, 5) is 17.8. The maximum absolute atomic E-state index is 15.0. The molecule has 1 aromatic heterocycles. The van der Waals surface area contributed by atoms with Gasteiger partial charge in [0.15, 0.2) is 0 Å². The number of hydrogen-bond acceptors (Lipinski definition) is 6. The van der Waals surface area contributed by atoms with Gasteiger partial charge in [0.25, 0.3) is 0 Å². The van der Waals surface area contributed by atoms with Crippen LogP contribution >= 0.6 is 0 Å². The lowest BCUT2D eigenvalue weighted by atomic mass is 9.91. The Bertz CT molecular complexity index is 1400. The molecule has 2 aromatic carbocycles. The minimum Gasteiger partial charge on any atom is -0.485 e. The van der Waals surface area contributed by atoms with Gasteiger partial charge in [-0.25, -0.2) is 9.37 Å². The summed E-state index contributed by atoms with van der Waals surface area (Å²) in [5, 5.41) is 9.31. The third-order valence-corrected chi connectivity index (χ3v) is 8.26. The lowest BCUT2D eigenvalue weighted by Crippen LogP contribution is -2.36. The molecule has 0 spiro atoms. The van der Waals surface area contributed by atoms with Crippen LogP contribution in [0.1, 0.15) is 48.1 Å². The van der Waals surface area contributed by atoms with Crippen LogP contribution in [0.5, 0.6) is 11.6 Å². The van der Waals surface area contributed by atoms with Crippen LogP contribution in [0.4, 0.5) is 4.39 Å². The Balaban J connectivity index is 1.31. The zero-order chi connectivity index (χ0) is 27.1. The number of benzene rings is 2. The van der Waals surface area contributed by atoms with E-state index in [-0.39, 0.29) is 18.0 Å². The first kappa shape index (κ1) is 25.8. The van der Waals surface area contributed by atoms with Crippen LogP contribution in [-0.4, -0.2) is 53.4 Å². The first-order valence-electron chi connectivity index (χ1n) is 13.6. The summed E-state index contributed by atoms with van der Waals surface area (Å²) in [6, 6.07) is 14.2. The molecule has 3 aliphatic rings. The van der Waals surface area contributed by atoms with E-state index >= 15 is 4.39 Å². The number of halogens is 1. The molecule has 0 saturated carbocycles. The molecule has 0 aliphatic carbocycles. The lowest BCUT2D eigenvalue weighted by molar-refractivity contribution is -0.141. The molecule has 4 heterocycles. The zero-order valence-corrected chi connectivity index (χ0v) is 22.2. The van der Waals surface area contributed by atoms with E-state index in [1.54, 1.807) is 13.0 Å². The van der Waals surface area contributed by atoms with E-state index in [0.717, 1.165) is 66.0 Å². The van der Waals surface area contributed by atoms with E-state index in [0.29, 0.717) is 30.5 Å². The number of rotatable bonds is 8.